The summed E-state index contributed by atoms with van der Waals surface area (Å²) in [6, 6.07) is 8.76. The maximum Gasteiger partial charge on any atom is 0.0992 e. The maximum atomic E-state index is 8.91. The summed E-state index contributed by atoms with van der Waals surface area (Å²) in [6.07, 6.45) is 3.87. The highest BCUT2D eigenvalue weighted by molar-refractivity contribution is 6.31. The Bertz CT molecular complexity index is 501. The zero-order valence-corrected chi connectivity index (χ0v) is 13.7. The largest absolute Gasteiger partial charge is 0.313 e. The van der Waals surface area contributed by atoms with Crippen molar-refractivity contribution in [2.45, 2.75) is 51.7 Å². The third kappa shape index (κ3) is 4.71. The van der Waals surface area contributed by atoms with Gasteiger partial charge in [-0.1, -0.05) is 24.1 Å². The highest BCUT2D eigenvalue weighted by Crippen LogP contribution is 2.21. The Hall–Kier alpha value is -1.08. The summed E-state index contributed by atoms with van der Waals surface area (Å²) in [6.45, 7) is 7.46. The summed E-state index contributed by atoms with van der Waals surface area (Å²) in [5.41, 5.74) is 1.72. The molecular weight excluding hydrogens is 282 g/mol. The smallest absolute Gasteiger partial charge is 0.0992 e. The van der Waals surface area contributed by atoms with E-state index in [1.54, 1.807) is 6.07 Å². The van der Waals surface area contributed by atoms with Crippen LogP contribution < -0.4 is 5.32 Å². The number of hydrogen-bond donors (Lipinski definition) is 1. The number of nitrogens with one attached hydrogen (secondary N) is 1. The van der Waals surface area contributed by atoms with Gasteiger partial charge in [-0.25, -0.2) is 0 Å². The van der Waals surface area contributed by atoms with E-state index in [1.807, 2.05) is 12.1 Å². The summed E-state index contributed by atoms with van der Waals surface area (Å²) in [4.78, 5) is 2.45. The monoisotopic (exact) mass is 305 g/mol. The van der Waals surface area contributed by atoms with Crippen LogP contribution in [-0.4, -0.2) is 30.1 Å². The lowest BCUT2D eigenvalue weighted by Gasteiger charge is -2.33. The molecule has 0 amide bonds. The molecule has 0 radical (unpaired) electrons. The number of benzene rings is 1. The Morgan fingerprint density at radius 3 is 2.81 bits per heavy atom. The van der Waals surface area contributed by atoms with Crippen molar-refractivity contribution >= 4 is 11.6 Å². The molecule has 1 aliphatic heterocycles. The SMILES string of the molecule is CC(C)N(Cc1ccc(C#N)cc1Cl)CC1CCCCN1. The minimum atomic E-state index is 0.473. The van der Waals surface area contributed by atoms with Crippen LogP contribution in [0.5, 0.6) is 0 Å². The Morgan fingerprint density at radius 1 is 1.43 bits per heavy atom. The second kappa shape index (κ2) is 7.79. The van der Waals surface area contributed by atoms with Crippen LogP contribution in [-0.2, 0) is 6.54 Å². The maximum absolute atomic E-state index is 8.91. The van der Waals surface area contributed by atoms with Crippen molar-refractivity contribution in [3.05, 3.63) is 34.3 Å². The van der Waals surface area contributed by atoms with Crippen LogP contribution in [0.1, 0.15) is 44.2 Å². The lowest BCUT2D eigenvalue weighted by molar-refractivity contribution is 0.177. The minimum Gasteiger partial charge on any atom is -0.313 e. The first-order valence-corrected chi connectivity index (χ1v) is 8.14. The fourth-order valence-electron chi connectivity index (χ4n) is 2.78. The number of piperidine rings is 1. The van der Waals surface area contributed by atoms with Gasteiger partial charge in [-0.15, -0.1) is 0 Å². The van der Waals surface area contributed by atoms with Gasteiger partial charge >= 0.3 is 0 Å². The van der Waals surface area contributed by atoms with Crippen LogP contribution in [0, 0.1) is 11.3 Å². The average molecular weight is 306 g/mol. The molecule has 0 aromatic heterocycles. The second-order valence-electron chi connectivity index (χ2n) is 6.09. The lowest BCUT2D eigenvalue weighted by Crippen LogP contribution is -2.45. The molecule has 0 spiro atoms. The fraction of sp³-hybridized carbons (Fsp3) is 0.588. The topological polar surface area (TPSA) is 39.1 Å². The molecule has 0 bridgehead atoms. The molecule has 3 nitrogen and oxygen atoms in total. The van der Waals surface area contributed by atoms with Gasteiger partial charge in [0.15, 0.2) is 0 Å². The molecule has 4 heteroatoms. The minimum absolute atomic E-state index is 0.473. The van der Waals surface area contributed by atoms with Crippen LogP contribution in [0.15, 0.2) is 18.2 Å². The van der Waals surface area contributed by atoms with Crippen molar-refractivity contribution in [2.24, 2.45) is 0 Å². The Balaban J connectivity index is 2.03. The molecule has 1 aromatic carbocycles. The van der Waals surface area contributed by atoms with E-state index in [2.05, 4.69) is 30.1 Å². The lowest BCUT2D eigenvalue weighted by atomic mass is 10.0. The van der Waals surface area contributed by atoms with E-state index in [0.29, 0.717) is 22.7 Å². The molecule has 1 aliphatic rings. The molecule has 1 saturated heterocycles. The van der Waals surface area contributed by atoms with Gasteiger partial charge in [0, 0.05) is 30.2 Å². The highest BCUT2D eigenvalue weighted by atomic mass is 35.5. The first-order valence-electron chi connectivity index (χ1n) is 7.76. The first-order chi connectivity index (χ1) is 10.1. The fourth-order valence-corrected chi connectivity index (χ4v) is 3.03. The molecule has 114 valence electrons. The van der Waals surface area contributed by atoms with Crippen LogP contribution in [0.25, 0.3) is 0 Å². The molecule has 0 aliphatic carbocycles. The summed E-state index contributed by atoms with van der Waals surface area (Å²) < 4.78 is 0. The molecule has 2 rings (SSSR count). The van der Waals surface area contributed by atoms with Crippen LogP contribution in [0.3, 0.4) is 0 Å². The first kappa shape index (κ1) is 16.3. The van der Waals surface area contributed by atoms with Crippen LogP contribution in [0.4, 0.5) is 0 Å². The van der Waals surface area contributed by atoms with Gasteiger partial charge < -0.3 is 5.32 Å². The van der Waals surface area contributed by atoms with E-state index < -0.39 is 0 Å². The zero-order chi connectivity index (χ0) is 15.2. The number of nitrogens with zero attached hydrogens (tertiary/aromatic N) is 2. The van der Waals surface area contributed by atoms with Crippen LogP contribution in [0.2, 0.25) is 5.02 Å². The van der Waals surface area contributed by atoms with Crippen molar-refractivity contribution < 1.29 is 0 Å². The van der Waals surface area contributed by atoms with Crippen molar-refractivity contribution in [3.63, 3.8) is 0 Å². The van der Waals surface area contributed by atoms with E-state index in [1.165, 1.54) is 19.3 Å². The van der Waals surface area contributed by atoms with E-state index >= 15 is 0 Å². The normalized spacial score (nSPS) is 19.0. The standard InChI is InChI=1S/C17H24ClN3/c1-13(2)21(12-16-5-3-4-8-20-16)11-15-7-6-14(10-19)9-17(15)18/h6-7,9,13,16,20H,3-5,8,11-12H2,1-2H3. The van der Waals surface area contributed by atoms with Gasteiger partial charge in [0.2, 0.25) is 0 Å². The number of hydrogen-bond acceptors (Lipinski definition) is 3. The van der Waals surface area contributed by atoms with Crippen molar-refractivity contribution in [1.29, 1.82) is 5.26 Å². The molecular formula is C17H24ClN3. The average Bonchev–Trinajstić information content (AvgIpc) is 2.49. The predicted octanol–water partition coefficient (Wildman–Crippen LogP) is 3.56. The van der Waals surface area contributed by atoms with E-state index in [0.717, 1.165) is 25.2 Å². The third-order valence-electron chi connectivity index (χ3n) is 4.15. The van der Waals surface area contributed by atoms with Gasteiger partial charge in [0.1, 0.15) is 0 Å². The second-order valence-corrected chi connectivity index (χ2v) is 6.50. The molecule has 1 fully saturated rings. The third-order valence-corrected chi connectivity index (χ3v) is 4.51. The van der Waals surface area contributed by atoms with Gasteiger partial charge in [-0.3, -0.25) is 4.90 Å². The van der Waals surface area contributed by atoms with Crippen molar-refractivity contribution in [2.75, 3.05) is 13.1 Å². The molecule has 0 saturated carbocycles. The highest BCUT2D eigenvalue weighted by Gasteiger charge is 2.19. The summed E-state index contributed by atoms with van der Waals surface area (Å²) in [5, 5.41) is 13.2. The Morgan fingerprint density at radius 2 is 2.24 bits per heavy atom. The van der Waals surface area contributed by atoms with Gasteiger partial charge in [0.05, 0.1) is 11.6 Å². The summed E-state index contributed by atoms with van der Waals surface area (Å²) in [5.74, 6) is 0. The molecule has 1 heterocycles. The van der Waals surface area contributed by atoms with Crippen molar-refractivity contribution in [3.8, 4) is 6.07 Å². The summed E-state index contributed by atoms with van der Waals surface area (Å²) >= 11 is 6.31. The molecule has 21 heavy (non-hydrogen) atoms. The van der Waals surface area contributed by atoms with E-state index in [4.69, 9.17) is 16.9 Å². The number of nitriles is 1. The van der Waals surface area contributed by atoms with Gasteiger partial charge in [-0.05, 0) is 50.9 Å². The summed E-state index contributed by atoms with van der Waals surface area (Å²) in [7, 11) is 0. The zero-order valence-electron chi connectivity index (χ0n) is 12.9. The van der Waals surface area contributed by atoms with E-state index in [-0.39, 0.29) is 0 Å². The van der Waals surface area contributed by atoms with Gasteiger partial charge in [-0.2, -0.15) is 5.26 Å². The van der Waals surface area contributed by atoms with Gasteiger partial charge in [0.25, 0.3) is 0 Å². The number of halogens is 1. The van der Waals surface area contributed by atoms with Crippen LogP contribution >= 0.6 is 11.6 Å². The molecule has 1 aromatic rings. The quantitative estimate of drug-likeness (QED) is 0.904. The molecule has 1 atom stereocenters. The predicted molar refractivity (Wildman–Crippen MR) is 87.4 cm³/mol. The number of rotatable bonds is 5. The molecule has 1 unspecified atom stereocenters. The Labute approximate surface area is 132 Å². The van der Waals surface area contributed by atoms with Crippen molar-refractivity contribution in [1.82, 2.24) is 10.2 Å². The Kier molecular flexibility index (Phi) is 6.05. The molecule has 1 N–H and O–H groups in total. The van der Waals surface area contributed by atoms with E-state index in [9.17, 15) is 0 Å².